The summed E-state index contributed by atoms with van der Waals surface area (Å²) in [7, 11) is -1.01. The van der Waals surface area contributed by atoms with Gasteiger partial charge in [0, 0.05) is 22.9 Å². The van der Waals surface area contributed by atoms with Gasteiger partial charge in [-0.1, -0.05) is 19.1 Å². The summed E-state index contributed by atoms with van der Waals surface area (Å²) in [6.07, 6.45) is 0.871. The van der Waals surface area contributed by atoms with Gasteiger partial charge in [-0.25, -0.2) is 13.6 Å². The number of methoxy groups -OCH3 is 2. The van der Waals surface area contributed by atoms with Crippen LogP contribution in [-0.2, 0) is 23.1 Å². The van der Waals surface area contributed by atoms with E-state index in [0.717, 1.165) is 12.0 Å². The second-order valence-electron chi connectivity index (χ2n) is 7.18. The van der Waals surface area contributed by atoms with Gasteiger partial charge in [0.25, 0.3) is 5.91 Å². The van der Waals surface area contributed by atoms with Crippen molar-refractivity contribution in [1.82, 2.24) is 0 Å². The summed E-state index contributed by atoms with van der Waals surface area (Å²) in [6, 6.07) is 16.6. The third-order valence-electron chi connectivity index (χ3n) is 5.00. The van der Waals surface area contributed by atoms with Gasteiger partial charge in [0.15, 0.2) is 0 Å². The number of benzene rings is 3. The highest BCUT2D eigenvalue weighted by Crippen LogP contribution is 2.30. The molecule has 0 aliphatic carbocycles. The molecule has 0 aliphatic heterocycles. The summed E-state index contributed by atoms with van der Waals surface area (Å²) in [5.41, 5.74) is 2.60. The number of rotatable bonds is 9. The number of anilines is 1. The lowest BCUT2D eigenvalue weighted by atomic mass is 10.1. The van der Waals surface area contributed by atoms with Crippen LogP contribution in [-0.4, -0.2) is 28.5 Å². The minimum atomic E-state index is -4.07. The normalized spacial score (nSPS) is 11.0. The van der Waals surface area contributed by atoms with E-state index in [1.165, 1.54) is 32.4 Å². The summed E-state index contributed by atoms with van der Waals surface area (Å²) in [6.45, 7) is 2.02. The number of sulfonamides is 1. The third-order valence-corrected chi connectivity index (χ3v) is 5.95. The van der Waals surface area contributed by atoms with Crippen molar-refractivity contribution in [2.45, 2.75) is 24.8 Å². The second kappa shape index (κ2) is 10.4. The number of nitrogens with two attached hydrogens (primary N) is 1. The van der Waals surface area contributed by atoms with E-state index in [4.69, 9.17) is 19.3 Å². The first-order valence-corrected chi connectivity index (χ1v) is 11.7. The highest BCUT2D eigenvalue weighted by Gasteiger charge is 2.18. The fourth-order valence-corrected chi connectivity index (χ4v) is 3.83. The van der Waals surface area contributed by atoms with Crippen LogP contribution in [0.1, 0.15) is 28.4 Å². The lowest BCUT2D eigenvalue weighted by molar-refractivity contribution is 0.102. The summed E-state index contributed by atoms with van der Waals surface area (Å²) < 4.78 is 40.5. The van der Waals surface area contributed by atoms with Crippen molar-refractivity contribution in [2.24, 2.45) is 5.14 Å². The van der Waals surface area contributed by atoms with E-state index in [1.807, 2.05) is 19.1 Å². The maximum absolute atomic E-state index is 12.6. The predicted octanol–water partition coefficient (Wildman–Crippen LogP) is 3.74. The van der Waals surface area contributed by atoms with Crippen molar-refractivity contribution in [1.29, 1.82) is 0 Å². The van der Waals surface area contributed by atoms with Crippen LogP contribution in [0.5, 0.6) is 17.2 Å². The average Bonchev–Trinajstić information content (AvgIpc) is 2.81. The van der Waals surface area contributed by atoms with E-state index in [0.29, 0.717) is 28.3 Å². The molecule has 3 rings (SSSR count). The zero-order chi connectivity index (χ0) is 24.0. The highest BCUT2D eigenvalue weighted by atomic mass is 32.2. The Morgan fingerprint density at radius 1 is 0.939 bits per heavy atom. The molecule has 0 radical (unpaired) electrons. The molecule has 8 nitrogen and oxygen atoms in total. The van der Waals surface area contributed by atoms with Crippen LogP contribution in [0.15, 0.2) is 65.6 Å². The first kappa shape index (κ1) is 24.1. The number of ether oxygens (including phenoxy) is 3. The number of hydrogen-bond acceptors (Lipinski definition) is 6. The van der Waals surface area contributed by atoms with Crippen molar-refractivity contribution < 1.29 is 27.4 Å². The third kappa shape index (κ3) is 6.03. The molecule has 0 aromatic heterocycles. The SMILES string of the molecule is CCc1ccc(C(=O)Nc2ccc(S(N)(=O)=O)c(OCc3cc(OC)ccc3OC)c2)cc1. The first-order valence-electron chi connectivity index (χ1n) is 10.2. The Balaban J connectivity index is 1.87. The van der Waals surface area contributed by atoms with Gasteiger partial charge in [0.2, 0.25) is 10.0 Å². The number of carbonyl (C=O) groups is 1. The lowest BCUT2D eigenvalue weighted by Crippen LogP contribution is -2.15. The largest absolute Gasteiger partial charge is 0.497 e. The molecule has 33 heavy (non-hydrogen) atoms. The number of aryl methyl sites for hydroxylation is 1. The van der Waals surface area contributed by atoms with E-state index in [1.54, 1.807) is 30.3 Å². The minimum absolute atomic E-state index is 0.00139. The summed E-state index contributed by atoms with van der Waals surface area (Å²) >= 11 is 0. The Bertz CT molecular complexity index is 1240. The molecule has 0 atom stereocenters. The van der Waals surface area contributed by atoms with E-state index >= 15 is 0 Å². The van der Waals surface area contributed by atoms with Crippen LogP contribution < -0.4 is 24.7 Å². The van der Waals surface area contributed by atoms with Crippen LogP contribution in [0, 0.1) is 0 Å². The van der Waals surface area contributed by atoms with Crippen molar-refractivity contribution in [3.05, 3.63) is 77.4 Å². The van der Waals surface area contributed by atoms with Gasteiger partial charge in [0.05, 0.1) is 14.2 Å². The number of carbonyl (C=O) groups excluding carboxylic acids is 1. The van der Waals surface area contributed by atoms with E-state index in [-0.39, 0.29) is 23.2 Å². The molecule has 0 bridgehead atoms. The molecule has 3 aromatic carbocycles. The molecule has 0 aliphatic rings. The minimum Gasteiger partial charge on any atom is -0.497 e. The summed E-state index contributed by atoms with van der Waals surface area (Å²) in [5, 5.41) is 8.11. The van der Waals surface area contributed by atoms with Crippen molar-refractivity contribution in [3.8, 4) is 17.2 Å². The lowest BCUT2D eigenvalue weighted by Gasteiger charge is -2.15. The van der Waals surface area contributed by atoms with Gasteiger partial charge < -0.3 is 19.5 Å². The predicted molar refractivity (Wildman–Crippen MR) is 125 cm³/mol. The topological polar surface area (TPSA) is 117 Å². The summed E-state index contributed by atoms with van der Waals surface area (Å²) in [4.78, 5) is 12.4. The number of nitrogens with one attached hydrogen (secondary N) is 1. The number of hydrogen-bond donors (Lipinski definition) is 2. The molecule has 0 fully saturated rings. The molecule has 0 unspecified atom stereocenters. The van der Waals surface area contributed by atoms with Gasteiger partial charge in [-0.05, 0) is 54.4 Å². The van der Waals surface area contributed by atoms with E-state index < -0.39 is 10.0 Å². The van der Waals surface area contributed by atoms with E-state index in [2.05, 4.69) is 5.32 Å². The molecular weight excluding hydrogens is 444 g/mol. The molecular formula is C24H26N2O6S. The molecule has 0 saturated carbocycles. The Morgan fingerprint density at radius 3 is 2.27 bits per heavy atom. The van der Waals surface area contributed by atoms with Crippen LogP contribution in [0.2, 0.25) is 0 Å². The van der Waals surface area contributed by atoms with Gasteiger partial charge in [-0.2, -0.15) is 0 Å². The molecule has 0 saturated heterocycles. The Kier molecular flexibility index (Phi) is 7.57. The maximum atomic E-state index is 12.6. The molecule has 0 heterocycles. The molecule has 0 spiro atoms. The molecule has 3 N–H and O–H groups in total. The standard InChI is InChI=1S/C24H26N2O6S/c1-4-16-5-7-17(8-6-16)24(27)26-19-9-12-23(33(25,28)29)22(14-19)32-15-18-13-20(30-2)10-11-21(18)31-3/h5-14H,4,15H2,1-3H3,(H,26,27)(H2,25,28,29). The van der Waals surface area contributed by atoms with Gasteiger partial charge in [-0.15, -0.1) is 0 Å². The van der Waals surface area contributed by atoms with Gasteiger partial charge in [-0.3, -0.25) is 4.79 Å². The van der Waals surface area contributed by atoms with Crippen molar-refractivity contribution >= 4 is 21.6 Å². The Hall–Kier alpha value is -3.56. The fraction of sp³-hybridized carbons (Fsp3) is 0.208. The van der Waals surface area contributed by atoms with Crippen LogP contribution in [0.25, 0.3) is 0 Å². The Morgan fingerprint density at radius 2 is 1.67 bits per heavy atom. The van der Waals surface area contributed by atoms with Crippen molar-refractivity contribution in [3.63, 3.8) is 0 Å². The zero-order valence-electron chi connectivity index (χ0n) is 18.6. The van der Waals surface area contributed by atoms with Crippen LogP contribution in [0.3, 0.4) is 0 Å². The van der Waals surface area contributed by atoms with Crippen LogP contribution >= 0.6 is 0 Å². The molecule has 3 aromatic rings. The quantitative estimate of drug-likeness (QED) is 0.492. The smallest absolute Gasteiger partial charge is 0.255 e. The molecule has 9 heteroatoms. The van der Waals surface area contributed by atoms with Gasteiger partial charge >= 0.3 is 0 Å². The second-order valence-corrected chi connectivity index (χ2v) is 8.71. The highest BCUT2D eigenvalue weighted by molar-refractivity contribution is 7.89. The number of primary sulfonamides is 1. The van der Waals surface area contributed by atoms with E-state index in [9.17, 15) is 13.2 Å². The van der Waals surface area contributed by atoms with Crippen LogP contribution in [0.4, 0.5) is 5.69 Å². The van der Waals surface area contributed by atoms with Gasteiger partial charge in [0.1, 0.15) is 28.8 Å². The average molecular weight is 471 g/mol. The maximum Gasteiger partial charge on any atom is 0.255 e. The number of amides is 1. The Labute approximate surface area is 193 Å². The van der Waals surface area contributed by atoms with Crippen molar-refractivity contribution in [2.75, 3.05) is 19.5 Å². The first-order chi connectivity index (χ1) is 15.7. The monoisotopic (exact) mass is 470 g/mol. The zero-order valence-corrected chi connectivity index (χ0v) is 19.4. The fourth-order valence-electron chi connectivity index (χ4n) is 3.18. The molecule has 174 valence electrons. The molecule has 1 amide bonds. The summed E-state index contributed by atoms with van der Waals surface area (Å²) in [5.74, 6) is 0.812.